The van der Waals surface area contributed by atoms with Crippen LogP contribution in [0.15, 0.2) is 0 Å². The molecule has 1 saturated heterocycles. The van der Waals surface area contributed by atoms with Gasteiger partial charge in [-0.1, -0.05) is 0 Å². The molecule has 1 heterocycles. The lowest BCUT2D eigenvalue weighted by atomic mass is 10.2. The van der Waals surface area contributed by atoms with Crippen molar-refractivity contribution in [2.75, 3.05) is 65.7 Å². The molecule has 0 atom stereocenters. The number of rotatable bonds is 10. The minimum Gasteiger partial charge on any atom is -0.395 e. The van der Waals surface area contributed by atoms with Crippen LogP contribution < -0.4 is 0 Å². The third-order valence-corrected chi connectivity index (χ3v) is 3.44. The van der Waals surface area contributed by atoms with Crippen LogP contribution in [0, 0.1) is 0 Å². The smallest absolute Gasteiger partial charge is 0.293 e. The Labute approximate surface area is 119 Å². The summed E-state index contributed by atoms with van der Waals surface area (Å²) in [5.74, 6) is -3.12. The number of alkyl halides is 2. The molecule has 0 amide bonds. The van der Waals surface area contributed by atoms with Gasteiger partial charge in [0.05, 0.1) is 6.61 Å². The van der Waals surface area contributed by atoms with Gasteiger partial charge in [0.2, 0.25) is 0 Å². The number of unbranched alkanes of at least 4 members (excludes halogenated alkanes) is 1. The average Bonchev–Trinajstić information content (AvgIpc) is 2.45. The molecule has 0 saturated carbocycles. The molecule has 0 bridgehead atoms. The van der Waals surface area contributed by atoms with Crippen LogP contribution in [0.2, 0.25) is 0 Å². The zero-order valence-corrected chi connectivity index (χ0v) is 11.9. The standard InChI is InChI=1S/C13H26F2N2O3/c14-13(15,11-19)12-20-10-2-1-3-16-4-6-17(7-5-16)8-9-18/h18-19H,1-12H2. The molecule has 1 aliphatic rings. The number of nitrogens with zero attached hydrogens (tertiary/aromatic N) is 2. The van der Waals surface area contributed by atoms with Crippen LogP contribution in [0.25, 0.3) is 0 Å². The molecule has 1 fully saturated rings. The van der Waals surface area contributed by atoms with Crippen molar-refractivity contribution in [1.82, 2.24) is 9.80 Å². The number of ether oxygens (including phenoxy) is 1. The molecule has 120 valence electrons. The number of aliphatic hydroxyl groups excluding tert-OH is 2. The molecule has 20 heavy (non-hydrogen) atoms. The van der Waals surface area contributed by atoms with Crippen LogP contribution in [0.5, 0.6) is 0 Å². The maximum absolute atomic E-state index is 12.6. The molecule has 5 nitrogen and oxygen atoms in total. The molecular formula is C13H26F2N2O3. The van der Waals surface area contributed by atoms with Crippen molar-refractivity contribution < 1.29 is 23.7 Å². The largest absolute Gasteiger partial charge is 0.395 e. The first-order chi connectivity index (χ1) is 9.57. The van der Waals surface area contributed by atoms with Crippen LogP contribution in [-0.2, 0) is 4.74 Å². The number of piperazine rings is 1. The van der Waals surface area contributed by atoms with E-state index in [-0.39, 0.29) is 6.61 Å². The number of halogens is 2. The summed E-state index contributed by atoms with van der Waals surface area (Å²) in [7, 11) is 0. The summed E-state index contributed by atoms with van der Waals surface area (Å²) >= 11 is 0. The van der Waals surface area contributed by atoms with Gasteiger partial charge in [0.25, 0.3) is 5.92 Å². The van der Waals surface area contributed by atoms with E-state index in [1.807, 2.05) is 0 Å². The minimum absolute atomic E-state index is 0.204. The lowest BCUT2D eigenvalue weighted by Crippen LogP contribution is -2.47. The van der Waals surface area contributed by atoms with Crippen molar-refractivity contribution in [3.05, 3.63) is 0 Å². The summed E-state index contributed by atoms with van der Waals surface area (Å²) in [6.07, 6.45) is 1.67. The van der Waals surface area contributed by atoms with Gasteiger partial charge in [-0.05, 0) is 19.4 Å². The van der Waals surface area contributed by atoms with Crippen LogP contribution in [0.3, 0.4) is 0 Å². The van der Waals surface area contributed by atoms with Crippen molar-refractivity contribution in [3.8, 4) is 0 Å². The molecule has 7 heteroatoms. The summed E-state index contributed by atoms with van der Waals surface area (Å²) < 4.78 is 30.2. The van der Waals surface area contributed by atoms with E-state index in [0.29, 0.717) is 6.61 Å². The van der Waals surface area contributed by atoms with Crippen LogP contribution in [-0.4, -0.2) is 91.6 Å². The van der Waals surface area contributed by atoms with Gasteiger partial charge >= 0.3 is 0 Å². The van der Waals surface area contributed by atoms with Gasteiger partial charge in [-0.3, -0.25) is 4.90 Å². The van der Waals surface area contributed by atoms with E-state index >= 15 is 0 Å². The Morgan fingerprint density at radius 3 is 2.10 bits per heavy atom. The van der Waals surface area contributed by atoms with E-state index in [1.165, 1.54) is 0 Å². The topological polar surface area (TPSA) is 56.2 Å². The molecular weight excluding hydrogens is 270 g/mol. The van der Waals surface area contributed by atoms with Gasteiger partial charge in [0, 0.05) is 39.3 Å². The first-order valence-electron chi connectivity index (χ1n) is 7.19. The summed E-state index contributed by atoms with van der Waals surface area (Å²) in [4.78, 5) is 4.58. The molecule has 0 aliphatic carbocycles. The van der Waals surface area contributed by atoms with Crippen LogP contribution in [0.1, 0.15) is 12.8 Å². The SMILES string of the molecule is OCCN1CCN(CCCCOCC(F)(F)CO)CC1. The van der Waals surface area contributed by atoms with Gasteiger partial charge in [0.15, 0.2) is 0 Å². The third kappa shape index (κ3) is 7.44. The Morgan fingerprint density at radius 2 is 1.55 bits per heavy atom. The summed E-state index contributed by atoms with van der Waals surface area (Å²) in [6.45, 7) is 4.25. The van der Waals surface area contributed by atoms with E-state index in [9.17, 15) is 8.78 Å². The van der Waals surface area contributed by atoms with E-state index in [1.54, 1.807) is 0 Å². The minimum atomic E-state index is -3.12. The Kier molecular flexibility index (Phi) is 8.47. The quantitative estimate of drug-likeness (QED) is 0.557. The predicted octanol–water partition coefficient (Wildman–Crippen LogP) is 0.0207. The summed E-state index contributed by atoms with van der Waals surface area (Å²) in [5.41, 5.74) is 0. The number of β-amino-alcohol motifs (C(OH)–C–C–N with tert-alkyl or cyclic N) is 1. The van der Waals surface area contributed by atoms with E-state index < -0.39 is 19.1 Å². The average molecular weight is 296 g/mol. The highest BCUT2D eigenvalue weighted by atomic mass is 19.3. The molecule has 0 aromatic rings. The highest BCUT2D eigenvalue weighted by Crippen LogP contribution is 2.12. The normalized spacial score (nSPS) is 18.6. The second-order valence-corrected chi connectivity index (χ2v) is 5.18. The van der Waals surface area contributed by atoms with Gasteiger partial charge in [0.1, 0.15) is 13.2 Å². The Bertz CT molecular complexity index is 250. The molecule has 1 aliphatic heterocycles. The number of aliphatic hydroxyl groups is 2. The first-order valence-corrected chi connectivity index (χ1v) is 7.19. The van der Waals surface area contributed by atoms with Crippen molar-refractivity contribution >= 4 is 0 Å². The summed E-state index contributed by atoms with van der Waals surface area (Å²) in [6, 6.07) is 0. The van der Waals surface area contributed by atoms with E-state index in [4.69, 9.17) is 14.9 Å². The fourth-order valence-electron chi connectivity index (χ4n) is 2.18. The Balaban J connectivity index is 1.95. The highest BCUT2D eigenvalue weighted by molar-refractivity contribution is 4.71. The fraction of sp³-hybridized carbons (Fsp3) is 1.00. The van der Waals surface area contributed by atoms with Gasteiger partial charge < -0.3 is 19.8 Å². The molecule has 2 N–H and O–H groups in total. The predicted molar refractivity (Wildman–Crippen MR) is 72.1 cm³/mol. The molecule has 0 aromatic heterocycles. The number of hydrogen-bond donors (Lipinski definition) is 2. The first kappa shape index (κ1) is 17.7. The van der Waals surface area contributed by atoms with Crippen molar-refractivity contribution in [2.24, 2.45) is 0 Å². The lowest BCUT2D eigenvalue weighted by Gasteiger charge is -2.34. The Morgan fingerprint density at radius 1 is 0.950 bits per heavy atom. The highest BCUT2D eigenvalue weighted by Gasteiger charge is 2.27. The van der Waals surface area contributed by atoms with Gasteiger partial charge in [-0.25, -0.2) is 8.78 Å². The van der Waals surface area contributed by atoms with Crippen molar-refractivity contribution in [3.63, 3.8) is 0 Å². The van der Waals surface area contributed by atoms with Gasteiger partial charge in [-0.15, -0.1) is 0 Å². The fourth-order valence-corrected chi connectivity index (χ4v) is 2.18. The van der Waals surface area contributed by atoms with Crippen molar-refractivity contribution in [1.29, 1.82) is 0 Å². The molecule has 0 radical (unpaired) electrons. The maximum atomic E-state index is 12.6. The zero-order valence-electron chi connectivity index (χ0n) is 11.9. The second kappa shape index (κ2) is 9.57. The monoisotopic (exact) mass is 296 g/mol. The van der Waals surface area contributed by atoms with Crippen molar-refractivity contribution in [2.45, 2.75) is 18.8 Å². The number of hydrogen-bond acceptors (Lipinski definition) is 5. The van der Waals surface area contributed by atoms with Crippen LogP contribution >= 0.6 is 0 Å². The third-order valence-electron chi connectivity index (χ3n) is 3.44. The van der Waals surface area contributed by atoms with Gasteiger partial charge in [-0.2, -0.15) is 0 Å². The van der Waals surface area contributed by atoms with Crippen LogP contribution in [0.4, 0.5) is 8.78 Å². The molecule has 0 spiro atoms. The molecule has 1 rings (SSSR count). The second-order valence-electron chi connectivity index (χ2n) is 5.18. The molecule has 0 unspecified atom stereocenters. The Hall–Kier alpha value is -0.340. The van der Waals surface area contributed by atoms with E-state index in [0.717, 1.165) is 52.1 Å². The lowest BCUT2D eigenvalue weighted by molar-refractivity contribution is -0.107. The summed E-state index contributed by atoms with van der Waals surface area (Å²) in [5, 5.41) is 17.2. The van der Waals surface area contributed by atoms with E-state index in [2.05, 4.69) is 9.80 Å². The maximum Gasteiger partial charge on any atom is 0.293 e. The zero-order chi connectivity index (χ0) is 14.8. The molecule has 0 aromatic carbocycles.